The van der Waals surface area contributed by atoms with Crippen LogP contribution >= 0.6 is 23.4 Å². The van der Waals surface area contributed by atoms with E-state index in [1.165, 1.54) is 29.2 Å². The van der Waals surface area contributed by atoms with Crippen LogP contribution in [0.1, 0.15) is 22.3 Å². The maximum absolute atomic E-state index is 13.0. The van der Waals surface area contributed by atoms with Crippen molar-refractivity contribution >= 4 is 35.2 Å². The molecule has 0 aliphatic heterocycles. The number of carbonyl (C=O) groups excluding carboxylic acids is 2. The third-order valence-corrected chi connectivity index (χ3v) is 5.26. The molecule has 2 amide bonds. The first kappa shape index (κ1) is 24.9. The van der Waals surface area contributed by atoms with Gasteiger partial charge in [0.25, 0.3) is 5.91 Å². The van der Waals surface area contributed by atoms with E-state index in [2.05, 4.69) is 10.1 Å². The molecule has 2 aromatic rings. The van der Waals surface area contributed by atoms with Gasteiger partial charge in [0.1, 0.15) is 11.8 Å². The third kappa shape index (κ3) is 7.99. The number of nitrogens with zero attached hydrogens (tertiary/aromatic N) is 1. The van der Waals surface area contributed by atoms with Gasteiger partial charge in [-0.15, -0.1) is 13.2 Å². The van der Waals surface area contributed by atoms with Crippen molar-refractivity contribution in [1.82, 2.24) is 10.2 Å². The van der Waals surface area contributed by atoms with Crippen LogP contribution in [-0.4, -0.2) is 48.2 Å². The number of alkyl halides is 3. The lowest BCUT2D eigenvalue weighted by molar-refractivity contribution is -0.274. The zero-order valence-electron chi connectivity index (χ0n) is 16.9. The Kier molecular flexibility index (Phi) is 9.06. The molecule has 0 fully saturated rings. The Morgan fingerprint density at radius 2 is 1.81 bits per heavy atom. The molecule has 1 N–H and O–H groups in total. The van der Waals surface area contributed by atoms with Gasteiger partial charge in [-0.1, -0.05) is 35.9 Å². The molecule has 0 aliphatic carbocycles. The lowest BCUT2D eigenvalue weighted by atomic mass is 10.1. The quantitative estimate of drug-likeness (QED) is 0.570. The highest BCUT2D eigenvalue weighted by molar-refractivity contribution is 7.98. The SMILES string of the molecule is CSCCC(NC(=O)c1ccccc1Cl)C(=O)N(C)Cc1ccc(OC(F)(F)F)cc1. The van der Waals surface area contributed by atoms with E-state index in [0.29, 0.717) is 17.7 Å². The number of amides is 2. The summed E-state index contributed by atoms with van der Waals surface area (Å²) in [6.45, 7) is 0.156. The Morgan fingerprint density at radius 1 is 1.16 bits per heavy atom. The summed E-state index contributed by atoms with van der Waals surface area (Å²) in [7, 11) is 1.57. The maximum atomic E-state index is 13.0. The molecule has 10 heteroatoms. The van der Waals surface area contributed by atoms with Gasteiger partial charge >= 0.3 is 6.36 Å². The molecule has 1 unspecified atom stereocenters. The number of halogens is 4. The average molecular weight is 475 g/mol. The van der Waals surface area contributed by atoms with E-state index in [1.54, 1.807) is 43.1 Å². The smallest absolute Gasteiger partial charge is 0.406 e. The third-order valence-electron chi connectivity index (χ3n) is 4.29. The highest BCUT2D eigenvalue weighted by atomic mass is 35.5. The molecule has 0 saturated heterocycles. The monoisotopic (exact) mass is 474 g/mol. The zero-order chi connectivity index (χ0) is 23.0. The Hall–Kier alpha value is -2.39. The Morgan fingerprint density at radius 3 is 2.39 bits per heavy atom. The Balaban J connectivity index is 2.06. The van der Waals surface area contributed by atoms with Crippen LogP contribution in [-0.2, 0) is 11.3 Å². The number of nitrogens with one attached hydrogen (secondary N) is 1. The van der Waals surface area contributed by atoms with E-state index in [9.17, 15) is 22.8 Å². The molecule has 0 radical (unpaired) electrons. The van der Waals surface area contributed by atoms with Crippen LogP contribution in [0.3, 0.4) is 0 Å². The summed E-state index contributed by atoms with van der Waals surface area (Å²) < 4.78 is 40.7. The highest BCUT2D eigenvalue weighted by Crippen LogP contribution is 2.23. The summed E-state index contributed by atoms with van der Waals surface area (Å²) in [5.41, 5.74) is 0.889. The van der Waals surface area contributed by atoms with E-state index in [4.69, 9.17) is 11.6 Å². The van der Waals surface area contributed by atoms with Crippen LogP contribution in [0.4, 0.5) is 13.2 Å². The first-order valence-electron chi connectivity index (χ1n) is 9.24. The van der Waals surface area contributed by atoms with Crippen molar-refractivity contribution in [2.45, 2.75) is 25.4 Å². The molecule has 168 valence electrons. The van der Waals surface area contributed by atoms with Crippen LogP contribution in [0.25, 0.3) is 0 Å². The van der Waals surface area contributed by atoms with Crippen LogP contribution in [0.5, 0.6) is 5.75 Å². The number of hydrogen-bond donors (Lipinski definition) is 1. The fourth-order valence-electron chi connectivity index (χ4n) is 2.79. The molecule has 5 nitrogen and oxygen atoms in total. The minimum atomic E-state index is -4.77. The van der Waals surface area contributed by atoms with Crippen LogP contribution in [0.15, 0.2) is 48.5 Å². The summed E-state index contributed by atoms with van der Waals surface area (Å²) in [5, 5.41) is 3.02. The second-order valence-corrected chi connectivity index (χ2v) is 8.07. The molecule has 0 aromatic heterocycles. The minimum absolute atomic E-state index is 0.156. The number of rotatable bonds is 9. The van der Waals surface area contributed by atoms with Crippen molar-refractivity contribution in [3.8, 4) is 5.75 Å². The normalized spacial score (nSPS) is 12.2. The van der Waals surface area contributed by atoms with Gasteiger partial charge in [-0.05, 0) is 48.3 Å². The maximum Gasteiger partial charge on any atom is 0.573 e. The van der Waals surface area contributed by atoms with Crippen molar-refractivity contribution < 1.29 is 27.5 Å². The van der Waals surface area contributed by atoms with Crippen molar-refractivity contribution in [1.29, 1.82) is 0 Å². The van der Waals surface area contributed by atoms with Gasteiger partial charge in [-0.3, -0.25) is 9.59 Å². The minimum Gasteiger partial charge on any atom is -0.406 e. The molecule has 0 heterocycles. The molecule has 0 spiro atoms. The topological polar surface area (TPSA) is 58.6 Å². The average Bonchev–Trinajstić information content (AvgIpc) is 2.71. The van der Waals surface area contributed by atoms with Crippen molar-refractivity contribution in [2.24, 2.45) is 0 Å². The van der Waals surface area contributed by atoms with Gasteiger partial charge in [0.05, 0.1) is 10.6 Å². The molecule has 2 aromatic carbocycles. The number of likely N-dealkylation sites (N-methyl/N-ethyl adjacent to an activating group) is 1. The number of hydrogen-bond acceptors (Lipinski definition) is 4. The number of carbonyl (C=O) groups is 2. The molecular formula is C21H22ClF3N2O3S. The van der Waals surface area contributed by atoms with Crippen LogP contribution in [0, 0.1) is 0 Å². The Bertz CT molecular complexity index is 894. The van der Waals surface area contributed by atoms with E-state index in [0.717, 1.165) is 0 Å². The van der Waals surface area contributed by atoms with Crippen molar-refractivity contribution in [3.63, 3.8) is 0 Å². The summed E-state index contributed by atoms with van der Waals surface area (Å²) in [6.07, 6.45) is -2.46. The lowest BCUT2D eigenvalue weighted by Gasteiger charge is -2.25. The van der Waals surface area contributed by atoms with Crippen LogP contribution in [0.2, 0.25) is 5.02 Å². The number of thioether (sulfide) groups is 1. The summed E-state index contributed by atoms with van der Waals surface area (Å²) >= 11 is 7.61. The summed E-state index contributed by atoms with van der Waals surface area (Å²) in [4.78, 5) is 27.0. The molecule has 2 rings (SSSR count). The molecular weight excluding hydrogens is 453 g/mol. The van der Waals surface area contributed by atoms with E-state index in [-0.39, 0.29) is 28.8 Å². The largest absolute Gasteiger partial charge is 0.573 e. The highest BCUT2D eigenvalue weighted by Gasteiger charge is 2.31. The first-order valence-corrected chi connectivity index (χ1v) is 11.0. The summed E-state index contributed by atoms with van der Waals surface area (Å²) in [6, 6.07) is 11.0. The molecule has 0 bridgehead atoms. The molecule has 31 heavy (non-hydrogen) atoms. The van der Waals surface area contributed by atoms with E-state index >= 15 is 0 Å². The van der Waals surface area contributed by atoms with E-state index in [1.807, 2.05) is 6.26 Å². The second kappa shape index (κ2) is 11.3. The molecule has 0 aliphatic rings. The predicted octanol–water partition coefficient (Wildman–Crippen LogP) is 4.75. The standard InChI is InChI=1S/C21H22ClF3N2O3S/c1-27(13-14-7-9-15(10-8-14)30-21(23,24)25)20(29)18(11-12-31-2)26-19(28)16-5-3-4-6-17(16)22/h3-10,18H,11-13H2,1-2H3,(H,26,28). The van der Waals surface area contributed by atoms with Gasteiger partial charge in [0.15, 0.2) is 0 Å². The molecule has 0 saturated carbocycles. The van der Waals surface area contributed by atoms with Gasteiger partial charge in [-0.2, -0.15) is 11.8 Å². The molecule has 1 atom stereocenters. The number of benzene rings is 2. The first-order chi connectivity index (χ1) is 14.6. The fraction of sp³-hybridized carbons (Fsp3) is 0.333. The zero-order valence-corrected chi connectivity index (χ0v) is 18.5. The van der Waals surface area contributed by atoms with Crippen LogP contribution < -0.4 is 10.1 Å². The fourth-order valence-corrected chi connectivity index (χ4v) is 3.48. The lowest BCUT2D eigenvalue weighted by Crippen LogP contribution is -2.47. The van der Waals surface area contributed by atoms with Gasteiger partial charge in [-0.25, -0.2) is 0 Å². The second-order valence-electron chi connectivity index (χ2n) is 6.67. The number of ether oxygens (including phenoxy) is 1. The van der Waals surface area contributed by atoms with Crippen molar-refractivity contribution in [3.05, 3.63) is 64.7 Å². The predicted molar refractivity (Wildman–Crippen MR) is 115 cm³/mol. The van der Waals surface area contributed by atoms with Crippen molar-refractivity contribution in [2.75, 3.05) is 19.1 Å². The van der Waals surface area contributed by atoms with Gasteiger partial charge < -0.3 is 15.0 Å². The van der Waals surface area contributed by atoms with Gasteiger partial charge in [0.2, 0.25) is 5.91 Å². The van der Waals surface area contributed by atoms with Gasteiger partial charge in [0, 0.05) is 13.6 Å². The summed E-state index contributed by atoms with van der Waals surface area (Å²) in [5.74, 6) is -0.455. The Labute approximate surface area is 187 Å². The van der Waals surface area contributed by atoms with E-state index < -0.39 is 18.3 Å².